The van der Waals surface area contributed by atoms with Gasteiger partial charge in [-0.25, -0.2) is 18.7 Å². The maximum atomic E-state index is 16.4. The van der Waals surface area contributed by atoms with Gasteiger partial charge in [-0.2, -0.15) is 23.1 Å². The molecule has 4 N–H and O–H groups in total. The van der Waals surface area contributed by atoms with Crippen LogP contribution in [0.1, 0.15) is 30.3 Å². The second kappa shape index (κ2) is 11.5. The van der Waals surface area contributed by atoms with Crippen LogP contribution in [0, 0.1) is 18.6 Å². The zero-order valence-electron chi connectivity index (χ0n) is 23.1. The largest absolute Gasteiger partial charge is 0.474 e. The van der Waals surface area contributed by atoms with Crippen molar-refractivity contribution in [1.29, 1.82) is 0 Å². The summed E-state index contributed by atoms with van der Waals surface area (Å²) in [6.07, 6.45) is -1.19. The fourth-order valence-electron chi connectivity index (χ4n) is 4.77. The molecule has 224 valence electrons. The van der Waals surface area contributed by atoms with Crippen molar-refractivity contribution >= 4 is 22.4 Å². The number of aromatic nitrogens is 5. The van der Waals surface area contributed by atoms with Gasteiger partial charge in [0.1, 0.15) is 34.1 Å². The molecule has 0 aliphatic carbocycles. The zero-order chi connectivity index (χ0) is 30.2. The Balaban J connectivity index is 1.72. The average Bonchev–Trinajstić information content (AvgIpc) is 3.32. The first-order valence-corrected chi connectivity index (χ1v) is 13.2. The number of hydrogen-bond acceptors (Lipinski definition) is 9. The Morgan fingerprint density at radius 3 is 2.64 bits per heavy atom. The summed E-state index contributed by atoms with van der Waals surface area (Å²) in [5.41, 5.74) is 1.05. The first-order valence-electron chi connectivity index (χ1n) is 13.2. The van der Waals surface area contributed by atoms with E-state index in [9.17, 15) is 17.6 Å². The molecule has 5 rings (SSSR count). The van der Waals surface area contributed by atoms with Gasteiger partial charge < -0.3 is 30.4 Å². The lowest BCUT2D eigenvalue weighted by molar-refractivity contribution is -0.137. The van der Waals surface area contributed by atoms with Crippen LogP contribution in [0.15, 0.2) is 18.5 Å². The molecule has 1 atom stereocenters. The number of nitrogen functional groups attached to an aromatic ring is 1. The fourth-order valence-corrected chi connectivity index (χ4v) is 4.77. The van der Waals surface area contributed by atoms with Crippen molar-refractivity contribution in [2.24, 2.45) is 7.05 Å². The molecule has 1 aliphatic heterocycles. The molecule has 4 heterocycles. The Labute approximate surface area is 237 Å². The molecule has 1 unspecified atom stereocenters. The van der Waals surface area contributed by atoms with Gasteiger partial charge >= 0.3 is 12.2 Å². The van der Waals surface area contributed by atoms with Crippen molar-refractivity contribution in [3.8, 4) is 23.1 Å². The van der Waals surface area contributed by atoms with Gasteiger partial charge in [-0.3, -0.25) is 0 Å². The highest BCUT2D eigenvalue weighted by Crippen LogP contribution is 2.44. The molecule has 0 saturated carbocycles. The summed E-state index contributed by atoms with van der Waals surface area (Å²) < 4.78 is 87.2. The predicted octanol–water partition coefficient (Wildman–Crippen LogP) is 4.41. The van der Waals surface area contributed by atoms with Crippen molar-refractivity contribution in [3.63, 3.8) is 0 Å². The van der Waals surface area contributed by atoms with Crippen LogP contribution in [-0.2, 0) is 19.6 Å². The molecule has 0 fully saturated rings. The van der Waals surface area contributed by atoms with E-state index in [-0.39, 0.29) is 35.2 Å². The fraction of sp³-hybridized carbons (Fsp3) is 0.407. The highest BCUT2D eigenvalue weighted by molar-refractivity contribution is 5.96. The number of nitrogens with one attached hydrogen (secondary N) is 2. The topological polar surface area (TPSA) is 125 Å². The first-order chi connectivity index (χ1) is 20.0. The molecular formula is C27H29F5N8O2. The minimum atomic E-state index is -5.05. The lowest BCUT2D eigenvalue weighted by Gasteiger charge is -2.21. The van der Waals surface area contributed by atoms with E-state index in [1.54, 1.807) is 19.3 Å². The summed E-state index contributed by atoms with van der Waals surface area (Å²) in [4.78, 5) is 17.1. The number of benzene rings is 1. The quantitative estimate of drug-likeness (QED) is 0.228. The highest BCUT2D eigenvalue weighted by Gasteiger charge is 2.39. The van der Waals surface area contributed by atoms with Gasteiger partial charge in [0.2, 0.25) is 5.88 Å². The van der Waals surface area contributed by atoms with Crippen LogP contribution < -0.4 is 25.8 Å². The van der Waals surface area contributed by atoms with Crippen LogP contribution in [0.5, 0.6) is 11.9 Å². The number of pyridine rings is 1. The van der Waals surface area contributed by atoms with Crippen LogP contribution in [0.25, 0.3) is 22.2 Å². The summed E-state index contributed by atoms with van der Waals surface area (Å²) in [5.74, 6) is -1.79. The monoisotopic (exact) mass is 592 g/mol. The summed E-state index contributed by atoms with van der Waals surface area (Å²) in [6.45, 7) is 4.26. The van der Waals surface area contributed by atoms with Gasteiger partial charge in [-0.1, -0.05) is 0 Å². The Morgan fingerprint density at radius 2 is 1.93 bits per heavy atom. The minimum absolute atomic E-state index is 0.0295. The van der Waals surface area contributed by atoms with Crippen LogP contribution in [0.2, 0.25) is 0 Å². The average molecular weight is 593 g/mol. The Bertz CT molecular complexity index is 1630. The molecule has 1 aromatic carbocycles. The predicted molar refractivity (Wildman–Crippen MR) is 145 cm³/mol. The van der Waals surface area contributed by atoms with Crippen LogP contribution in [-0.4, -0.2) is 56.8 Å². The summed E-state index contributed by atoms with van der Waals surface area (Å²) in [5, 5.41) is 6.36. The summed E-state index contributed by atoms with van der Waals surface area (Å²) in [6, 6.07) is 0.501. The van der Waals surface area contributed by atoms with E-state index in [2.05, 4.69) is 30.6 Å². The van der Waals surface area contributed by atoms with Crippen LogP contribution in [0.4, 0.5) is 33.5 Å². The van der Waals surface area contributed by atoms with E-state index < -0.39 is 52.0 Å². The van der Waals surface area contributed by atoms with E-state index in [0.29, 0.717) is 32.5 Å². The third kappa shape index (κ3) is 5.73. The molecule has 0 amide bonds. The van der Waals surface area contributed by atoms with Crippen molar-refractivity contribution in [3.05, 3.63) is 47.0 Å². The normalized spacial score (nSPS) is 16.0. The van der Waals surface area contributed by atoms with E-state index in [1.807, 2.05) is 11.6 Å². The smallest absolute Gasteiger partial charge is 0.417 e. The third-order valence-corrected chi connectivity index (χ3v) is 6.91. The number of imidazole rings is 1. The highest BCUT2D eigenvalue weighted by atomic mass is 19.4. The molecule has 15 heteroatoms. The molecule has 0 saturated heterocycles. The van der Waals surface area contributed by atoms with Crippen molar-refractivity contribution < 1.29 is 31.4 Å². The standard InChI is InChI=1S/C27H29F5N8O2/c1-13-4-6-34-7-8-36-24-18-23(38-26(39-24)41-11-5-17-35-9-10-40(17)3)21(29)22(37-25(18)42-13)15-12-16(33)20(28)14(2)19(15)27(30,31)32/h9-10,12-13,34H,4-8,11,33H2,1-3H3,(H,36,38,39). The number of anilines is 2. The first kappa shape index (κ1) is 29.2. The maximum Gasteiger partial charge on any atom is 0.417 e. The van der Waals surface area contributed by atoms with E-state index in [0.717, 1.165) is 18.8 Å². The number of nitrogens with zero attached hydrogens (tertiary/aromatic N) is 5. The van der Waals surface area contributed by atoms with Crippen molar-refractivity contribution in [2.75, 3.05) is 37.3 Å². The molecule has 3 aromatic heterocycles. The Hall–Kier alpha value is -4.27. The van der Waals surface area contributed by atoms with Gasteiger partial charge in [0.25, 0.3) is 0 Å². The van der Waals surface area contributed by atoms with Crippen molar-refractivity contribution in [1.82, 2.24) is 29.8 Å². The van der Waals surface area contributed by atoms with Gasteiger partial charge in [0, 0.05) is 44.5 Å². The van der Waals surface area contributed by atoms with E-state index in [1.165, 1.54) is 0 Å². The van der Waals surface area contributed by atoms with Crippen LogP contribution in [0.3, 0.4) is 0 Å². The van der Waals surface area contributed by atoms with Gasteiger partial charge in [-0.15, -0.1) is 0 Å². The third-order valence-electron chi connectivity index (χ3n) is 6.91. The lowest BCUT2D eigenvalue weighted by Crippen LogP contribution is -2.26. The zero-order valence-corrected chi connectivity index (χ0v) is 23.1. The van der Waals surface area contributed by atoms with E-state index >= 15 is 4.39 Å². The molecular weight excluding hydrogens is 563 g/mol. The number of hydrogen-bond donors (Lipinski definition) is 3. The van der Waals surface area contributed by atoms with Gasteiger partial charge in [0.15, 0.2) is 5.82 Å². The number of nitrogens with two attached hydrogens (primary N) is 1. The SMILES string of the molecule is Cc1c(F)c(N)cc(-c2nc3c4c(nc(OCCc5nccn5C)nc4c2F)NCCNCCC(C)O3)c1C(F)(F)F. The maximum absolute atomic E-state index is 16.4. The molecule has 0 radical (unpaired) electrons. The second-order valence-corrected chi connectivity index (χ2v) is 9.93. The number of rotatable bonds is 5. The molecule has 0 spiro atoms. The molecule has 0 bridgehead atoms. The lowest BCUT2D eigenvalue weighted by atomic mass is 9.96. The Kier molecular flexibility index (Phi) is 8.03. The molecule has 10 nitrogen and oxygen atoms in total. The summed E-state index contributed by atoms with van der Waals surface area (Å²) >= 11 is 0. The second-order valence-electron chi connectivity index (χ2n) is 9.93. The van der Waals surface area contributed by atoms with Gasteiger partial charge in [0.05, 0.1) is 24.0 Å². The van der Waals surface area contributed by atoms with Crippen molar-refractivity contribution in [2.45, 2.75) is 39.0 Å². The Morgan fingerprint density at radius 1 is 1.14 bits per heavy atom. The number of ether oxygens (including phenoxy) is 2. The number of alkyl halides is 3. The van der Waals surface area contributed by atoms with E-state index in [4.69, 9.17) is 15.2 Å². The number of aryl methyl sites for hydroxylation is 1. The van der Waals surface area contributed by atoms with Gasteiger partial charge in [-0.05, 0) is 38.4 Å². The molecule has 4 aromatic rings. The minimum Gasteiger partial charge on any atom is -0.474 e. The molecule has 1 aliphatic rings. The molecule has 42 heavy (non-hydrogen) atoms. The van der Waals surface area contributed by atoms with Crippen LogP contribution >= 0.6 is 0 Å². The number of halogens is 5. The summed E-state index contributed by atoms with van der Waals surface area (Å²) in [7, 11) is 1.82.